The number of rotatable bonds is 9. The van der Waals surface area contributed by atoms with Crippen molar-refractivity contribution in [2.24, 2.45) is 0 Å². The van der Waals surface area contributed by atoms with Gasteiger partial charge in [-0.1, -0.05) is 84.4 Å². The van der Waals surface area contributed by atoms with E-state index in [1.165, 1.54) is 37.6 Å². The van der Waals surface area contributed by atoms with E-state index in [9.17, 15) is 0 Å². The first-order valence-corrected chi connectivity index (χ1v) is 17.4. The second-order valence-corrected chi connectivity index (χ2v) is 13.2. The fourth-order valence-electron chi connectivity index (χ4n) is 6.19. The molecule has 3 aromatic heterocycles. The van der Waals surface area contributed by atoms with Crippen LogP contribution in [0.1, 0.15) is 5.56 Å². The van der Waals surface area contributed by atoms with Gasteiger partial charge in [-0.25, -0.2) is 0 Å². The van der Waals surface area contributed by atoms with Gasteiger partial charge in [-0.2, -0.15) is 0 Å². The predicted octanol–water partition coefficient (Wildman–Crippen LogP) is 12.8. The second kappa shape index (κ2) is 14.0. The van der Waals surface area contributed by atoms with Crippen LogP contribution in [0.2, 0.25) is 0 Å². The molecule has 8 rings (SSSR count). The van der Waals surface area contributed by atoms with Gasteiger partial charge in [0.2, 0.25) is 0 Å². The summed E-state index contributed by atoms with van der Waals surface area (Å²) in [5.74, 6) is 0. The van der Waals surface area contributed by atoms with Crippen molar-refractivity contribution in [1.82, 2.24) is 9.97 Å². The minimum atomic E-state index is 1.01. The minimum Gasteiger partial charge on any atom is -0.309 e. The zero-order valence-corrected chi connectivity index (χ0v) is 28.4. The van der Waals surface area contributed by atoms with Gasteiger partial charge in [-0.3, -0.25) is 9.97 Å². The molecule has 8 aromatic rings. The summed E-state index contributed by atoms with van der Waals surface area (Å²) in [5, 5.41) is 0. The normalized spacial score (nSPS) is 10.9. The molecule has 0 N–H and O–H groups in total. The SMILES string of the molecule is Cc1ccc(N(c2ccc(-c3ccc(-c4ccc(N(c5ccc(-c6ccccc6)cc5)c5cccnc5)cc4)s3)cc2)c2cccnc2)cc1. The Morgan fingerprint density at radius 2 is 0.760 bits per heavy atom. The van der Waals surface area contributed by atoms with Gasteiger partial charge in [-0.15, -0.1) is 11.3 Å². The largest absolute Gasteiger partial charge is 0.309 e. The lowest BCUT2D eigenvalue weighted by molar-refractivity contribution is 1.23. The van der Waals surface area contributed by atoms with E-state index in [-0.39, 0.29) is 0 Å². The van der Waals surface area contributed by atoms with Crippen molar-refractivity contribution < 1.29 is 0 Å². The number of hydrogen-bond donors (Lipinski definition) is 0. The van der Waals surface area contributed by atoms with Gasteiger partial charge < -0.3 is 9.80 Å². The van der Waals surface area contributed by atoms with Crippen molar-refractivity contribution in [1.29, 1.82) is 0 Å². The van der Waals surface area contributed by atoms with Crippen LogP contribution >= 0.6 is 11.3 Å². The molecule has 0 saturated carbocycles. The molecule has 4 nitrogen and oxygen atoms in total. The Bertz CT molecular complexity index is 2280. The molecule has 0 fully saturated rings. The van der Waals surface area contributed by atoms with E-state index >= 15 is 0 Å². The summed E-state index contributed by atoms with van der Waals surface area (Å²) < 4.78 is 0. The summed E-state index contributed by atoms with van der Waals surface area (Å²) in [4.78, 5) is 15.8. The molecule has 0 radical (unpaired) electrons. The Balaban J connectivity index is 1.05. The molecule has 0 aliphatic carbocycles. The number of thiophene rings is 1. The molecule has 5 heteroatoms. The molecule has 50 heavy (non-hydrogen) atoms. The average Bonchev–Trinajstić information content (AvgIpc) is 3.69. The molecular weight excluding hydrogens is 629 g/mol. The van der Waals surface area contributed by atoms with E-state index in [0.717, 1.165) is 34.1 Å². The van der Waals surface area contributed by atoms with Gasteiger partial charge in [0.25, 0.3) is 0 Å². The number of nitrogens with zero attached hydrogens (tertiary/aromatic N) is 4. The highest BCUT2D eigenvalue weighted by atomic mass is 32.1. The molecule has 0 aliphatic rings. The van der Waals surface area contributed by atoms with Crippen LogP contribution in [0.3, 0.4) is 0 Å². The van der Waals surface area contributed by atoms with Gasteiger partial charge in [0.1, 0.15) is 0 Å². The summed E-state index contributed by atoms with van der Waals surface area (Å²) in [7, 11) is 0. The molecule has 0 spiro atoms. The highest BCUT2D eigenvalue weighted by Gasteiger charge is 2.15. The van der Waals surface area contributed by atoms with Crippen LogP contribution in [0.4, 0.5) is 34.1 Å². The quantitative estimate of drug-likeness (QED) is 0.154. The number of pyridine rings is 2. The van der Waals surface area contributed by atoms with E-state index in [2.05, 4.69) is 172 Å². The topological polar surface area (TPSA) is 32.3 Å². The zero-order valence-electron chi connectivity index (χ0n) is 27.6. The minimum absolute atomic E-state index is 1.01. The van der Waals surface area contributed by atoms with Crippen LogP contribution in [0.15, 0.2) is 189 Å². The first kappa shape index (κ1) is 31.0. The van der Waals surface area contributed by atoms with Crippen molar-refractivity contribution in [3.63, 3.8) is 0 Å². The Labute approximate surface area is 297 Å². The maximum absolute atomic E-state index is 4.42. The van der Waals surface area contributed by atoms with Crippen molar-refractivity contribution >= 4 is 45.5 Å². The molecule has 0 atom stereocenters. The van der Waals surface area contributed by atoms with Crippen LogP contribution in [0.5, 0.6) is 0 Å². The Kier molecular flexibility index (Phi) is 8.71. The monoisotopic (exact) mass is 662 g/mol. The molecule has 0 aliphatic heterocycles. The maximum Gasteiger partial charge on any atom is 0.0644 e. The van der Waals surface area contributed by atoms with Gasteiger partial charge in [-0.05, 0) is 114 Å². The summed E-state index contributed by atoms with van der Waals surface area (Å²) >= 11 is 1.81. The van der Waals surface area contributed by atoms with Crippen molar-refractivity contribution in [2.75, 3.05) is 9.80 Å². The number of anilines is 6. The number of hydrogen-bond acceptors (Lipinski definition) is 5. The maximum atomic E-state index is 4.42. The third-order valence-corrected chi connectivity index (χ3v) is 9.94. The average molecular weight is 663 g/mol. The lowest BCUT2D eigenvalue weighted by atomic mass is 10.0. The van der Waals surface area contributed by atoms with Gasteiger partial charge in [0.15, 0.2) is 0 Å². The van der Waals surface area contributed by atoms with E-state index < -0.39 is 0 Å². The van der Waals surface area contributed by atoms with Crippen LogP contribution in [-0.2, 0) is 0 Å². The van der Waals surface area contributed by atoms with Crippen molar-refractivity contribution in [3.8, 4) is 32.0 Å². The number of aryl methyl sites for hydroxylation is 1. The fourth-order valence-corrected chi connectivity index (χ4v) is 7.21. The fraction of sp³-hybridized carbons (Fsp3) is 0.0222. The van der Waals surface area contributed by atoms with Crippen LogP contribution in [0, 0.1) is 6.92 Å². The zero-order chi connectivity index (χ0) is 33.7. The standard InChI is InChI=1S/C45H34N4S/c1-33-11-19-38(20-12-33)48(42-9-5-29-46-31-42)40-23-15-36(16-24-40)44-27-28-45(50-44)37-17-25-41(26-18-37)49(43-10-6-30-47-32-43)39-21-13-35(14-22-39)34-7-3-2-4-8-34/h2-32H,1H3. The summed E-state index contributed by atoms with van der Waals surface area (Å²) in [5.41, 5.74) is 12.4. The highest BCUT2D eigenvalue weighted by molar-refractivity contribution is 7.18. The first-order valence-electron chi connectivity index (χ1n) is 16.6. The molecule has 0 saturated heterocycles. The highest BCUT2D eigenvalue weighted by Crippen LogP contribution is 2.40. The summed E-state index contributed by atoms with van der Waals surface area (Å²) in [6.45, 7) is 2.11. The van der Waals surface area contributed by atoms with Gasteiger partial charge in [0, 0.05) is 44.9 Å². The number of aromatic nitrogens is 2. The molecule has 5 aromatic carbocycles. The molecule has 3 heterocycles. The van der Waals surface area contributed by atoms with Crippen LogP contribution in [0.25, 0.3) is 32.0 Å². The second-order valence-electron chi connectivity index (χ2n) is 12.1. The van der Waals surface area contributed by atoms with Crippen molar-refractivity contribution in [2.45, 2.75) is 6.92 Å². The van der Waals surface area contributed by atoms with E-state index in [0.29, 0.717) is 0 Å². The van der Waals surface area contributed by atoms with Crippen LogP contribution < -0.4 is 9.80 Å². The molecule has 0 amide bonds. The molecular formula is C45H34N4S. The van der Waals surface area contributed by atoms with Gasteiger partial charge >= 0.3 is 0 Å². The first-order chi connectivity index (χ1) is 24.7. The third kappa shape index (κ3) is 6.55. The smallest absolute Gasteiger partial charge is 0.0644 e. The Hall–Kier alpha value is -6.30. The Morgan fingerprint density at radius 3 is 1.18 bits per heavy atom. The van der Waals surface area contributed by atoms with Crippen LogP contribution in [-0.4, -0.2) is 9.97 Å². The van der Waals surface area contributed by atoms with E-state index in [1.807, 2.05) is 43.0 Å². The van der Waals surface area contributed by atoms with E-state index in [1.54, 1.807) is 11.3 Å². The molecule has 240 valence electrons. The third-order valence-electron chi connectivity index (χ3n) is 8.76. The van der Waals surface area contributed by atoms with Gasteiger partial charge in [0.05, 0.1) is 23.8 Å². The predicted molar refractivity (Wildman–Crippen MR) is 210 cm³/mol. The van der Waals surface area contributed by atoms with E-state index in [4.69, 9.17) is 0 Å². The Morgan fingerprint density at radius 1 is 0.360 bits per heavy atom. The lowest BCUT2D eigenvalue weighted by Crippen LogP contribution is -2.10. The lowest BCUT2D eigenvalue weighted by Gasteiger charge is -2.25. The summed E-state index contributed by atoms with van der Waals surface area (Å²) in [6.07, 6.45) is 7.43. The summed E-state index contributed by atoms with van der Waals surface area (Å²) in [6, 6.07) is 58.0. The van der Waals surface area contributed by atoms with Crippen molar-refractivity contribution in [3.05, 3.63) is 194 Å². The molecule has 0 bridgehead atoms. The molecule has 0 unspecified atom stereocenters. The number of benzene rings is 5.